The number of methoxy groups -OCH3 is 1. The molecule has 0 saturated carbocycles. The fourth-order valence-electron chi connectivity index (χ4n) is 8.15. The number of benzene rings is 1. The summed E-state index contributed by atoms with van der Waals surface area (Å²) < 4.78 is 11.0. The number of aromatic nitrogens is 7. The molecule has 28 heteroatoms. The Morgan fingerprint density at radius 2 is 1.51 bits per heavy atom. The first kappa shape index (κ1) is 58.3. The smallest absolute Gasteiger partial charge is 0.415 e. The average molecular weight is 1210 g/mol. The summed E-state index contributed by atoms with van der Waals surface area (Å²) >= 11 is 7.26. The van der Waals surface area contributed by atoms with Gasteiger partial charge < -0.3 is 41.2 Å². The van der Waals surface area contributed by atoms with Crippen molar-refractivity contribution in [3.05, 3.63) is 112 Å². The van der Waals surface area contributed by atoms with Gasteiger partial charge in [0.05, 0.1) is 52.8 Å². The number of carbonyl (C=O) groups is 6. The second kappa shape index (κ2) is 24.8. The third-order valence-corrected chi connectivity index (χ3v) is 18.1. The van der Waals surface area contributed by atoms with Crippen LogP contribution < -0.4 is 31.5 Å². The molecule has 1 aliphatic heterocycles. The Hall–Kier alpha value is -7.31. The van der Waals surface area contributed by atoms with Gasteiger partial charge in [0, 0.05) is 54.0 Å². The van der Waals surface area contributed by atoms with E-state index in [1.807, 2.05) is 19.9 Å². The monoisotopic (exact) mass is 1210 g/mol. The molecule has 422 valence electrons. The van der Waals surface area contributed by atoms with E-state index >= 15 is 0 Å². The van der Waals surface area contributed by atoms with Gasteiger partial charge in [-0.25, -0.2) is 39.7 Å². The number of fused-ring (bicyclic) bond motifs is 14. The molecule has 81 heavy (non-hydrogen) atoms. The van der Waals surface area contributed by atoms with E-state index in [0.717, 1.165) is 11.3 Å². The van der Waals surface area contributed by atoms with Crippen molar-refractivity contribution >= 4 is 109 Å². The van der Waals surface area contributed by atoms with Crippen LogP contribution in [0, 0.1) is 12.8 Å². The molecule has 0 fully saturated rings. The van der Waals surface area contributed by atoms with Crippen LogP contribution in [0.2, 0.25) is 0 Å². The molecule has 4 atom stereocenters. The van der Waals surface area contributed by atoms with E-state index in [9.17, 15) is 33.9 Å². The second-order valence-corrected chi connectivity index (χ2v) is 25.7. The van der Waals surface area contributed by atoms with E-state index in [4.69, 9.17) is 44.4 Å². The molecule has 1 aromatic carbocycles. The van der Waals surface area contributed by atoms with Gasteiger partial charge in [-0.1, -0.05) is 44.2 Å². The Morgan fingerprint density at radius 1 is 0.765 bits per heavy atom. The van der Waals surface area contributed by atoms with Crippen molar-refractivity contribution < 1.29 is 43.3 Å². The molecule has 6 N–H and O–H groups in total. The number of nitrogens with one attached hydrogen (secondary N) is 5. The van der Waals surface area contributed by atoms with Gasteiger partial charge in [0.25, 0.3) is 17.7 Å². The van der Waals surface area contributed by atoms with E-state index in [0.29, 0.717) is 78.7 Å². The third kappa shape index (κ3) is 13.4. The molecule has 7 aromatic heterocycles. The van der Waals surface area contributed by atoms with Crippen LogP contribution >= 0.6 is 68.0 Å². The molecular weight excluding hydrogens is 1160 g/mol. The van der Waals surface area contributed by atoms with Gasteiger partial charge >= 0.3 is 6.09 Å². The van der Waals surface area contributed by atoms with Crippen molar-refractivity contribution in [1.82, 2.24) is 61.5 Å². The molecule has 8 aromatic rings. The minimum atomic E-state index is -1.27. The number of rotatable bonds is 9. The average Bonchev–Trinajstić information content (AvgIpc) is 4.40. The molecule has 0 aliphatic carbocycles. The maximum atomic E-state index is 14.3. The first-order valence-corrected chi connectivity index (χ1v) is 30.2. The summed E-state index contributed by atoms with van der Waals surface area (Å²) in [6, 6.07) is 9.61. The molecule has 10 bridgehead atoms. The zero-order valence-electron chi connectivity index (χ0n) is 45.1. The molecular formula is C53H55N13O9S6. The zero-order valence-corrected chi connectivity index (χ0v) is 50.0. The lowest BCUT2D eigenvalue weighted by molar-refractivity contribution is -0.122. The van der Waals surface area contributed by atoms with Crippen LogP contribution in [0.5, 0.6) is 0 Å². The van der Waals surface area contributed by atoms with Crippen molar-refractivity contribution in [1.29, 1.82) is 0 Å². The van der Waals surface area contributed by atoms with Crippen LogP contribution in [0.25, 0.3) is 42.5 Å². The second-order valence-electron chi connectivity index (χ2n) is 19.7. The van der Waals surface area contributed by atoms with Crippen molar-refractivity contribution in [2.45, 2.75) is 84.4 Å². The van der Waals surface area contributed by atoms with E-state index in [1.54, 1.807) is 93.5 Å². The molecule has 6 amide bonds. The highest BCUT2D eigenvalue weighted by molar-refractivity contribution is 7.19. The SMILES string of the molecule is CNC(=O)C[C@@H]1NC(=O)c2csc(n2)-c2ccc(-c3nc(N(C)C(=O)OC(C)(C)C)cs3)nc2-c2cnc(s2)-c2csc(n2)[C@H]([C@@H](O)c2ccccc2)NC(=O)CNC(=O)c2nc(sc2COC)[C@H](C(C)C)NC(=O)c2nc1sc2C. The lowest BCUT2D eigenvalue weighted by Crippen LogP contribution is -2.40. The summed E-state index contributed by atoms with van der Waals surface area (Å²) in [6.07, 6.45) is -0.419. The van der Waals surface area contributed by atoms with Gasteiger partial charge in [-0.15, -0.1) is 68.0 Å². The number of amides is 6. The summed E-state index contributed by atoms with van der Waals surface area (Å²) in [5.41, 5.74) is 1.77. The summed E-state index contributed by atoms with van der Waals surface area (Å²) in [7, 11) is 4.52. The predicted molar refractivity (Wildman–Crippen MR) is 312 cm³/mol. The Bertz CT molecular complexity index is 3640. The summed E-state index contributed by atoms with van der Waals surface area (Å²) in [5.74, 6) is -2.73. The van der Waals surface area contributed by atoms with Gasteiger partial charge in [0.1, 0.15) is 76.4 Å². The van der Waals surface area contributed by atoms with Crippen molar-refractivity contribution in [2.75, 3.05) is 32.6 Å². The highest BCUT2D eigenvalue weighted by Crippen LogP contribution is 2.42. The highest BCUT2D eigenvalue weighted by Gasteiger charge is 2.33. The van der Waals surface area contributed by atoms with Crippen molar-refractivity contribution in [2.24, 2.45) is 5.92 Å². The van der Waals surface area contributed by atoms with E-state index in [-0.39, 0.29) is 36.0 Å². The van der Waals surface area contributed by atoms with Crippen LogP contribution in [0.4, 0.5) is 10.6 Å². The fraction of sp³-hybridized carbons (Fsp3) is 0.340. The van der Waals surface area contributed by atoms with E-state index < -0.39 is 72.0 Å². The van der Waals surface area contributed by atoms with Gasteiger partial charge in [0.2, 0.25) is 11.8 Å². The van der Waals surface area contributed by atoms with Crippen LogP contribution in [-0.4, -0.2) is 109 Å². The number of ether oxygens (including phenoxy) is 2. The van der Waals surface area contributed by atoms with Crippen LogP contribution in [-0.2, 0) is 25.7 Å². The van der Waals surface area contributed by atoms with Crippen molar-refractivity contribution in [3.63, 3.8) is 0 Å². The van der Waals surface area contributed by atoms with Crippen LogP contribution in [0.1, 0.15) is 127 Å². The Labute approximate surface area is 488 Å². The Morgan fingerprint density at radius 3 is 2.23 bits per heavy atom. The molecule has 0 radical (unpaired) electrons. The maximum absolute atomic E-state index is 14.3. The summed E-state index contributed by atoms with van der Waals surface area (Å²) in [6.45, 7) is 10.3. The number of aliphatic hydroxyl groups excluding tert-OH is 1. The number of thiazole rings is 6. The summed E-state index contributed by atoms with van der Waals surface area (Å²) in [5, 5.41) is 33.6. The Kier molecular flexibility index (Phi) is 17.9. The van der Waals surface area contributed by atoms with Gasteiger partial charge in [-0.05, 0) is 51.3 Å². The molecule has 9 rings (SSSR count). The minimum Gasteiger partial charge on any atom is -0.443 e. The number of anilines is 1. The first-order valence-electron chi connectivity index (χ1n) is 25.1. The standard InChI is InChI=1S/C53H55N13O9S6/c1-24(2)37-51-65-40(33(81-51)20-74-9)44(71)55-19-36(68)62-41(42(69)26-13-11-10-12-14-26)50-60-31(22-77-50)47-56-18-32(80-47)39-27(15-16-28(57-39)48-61-34(23-78-48)66(8)52(73)75-53(4,5)6)46-59-30(21-76-46)43(70)58-29(17-35(67)54-7)49-64-38(25(3)79-49)45(72)63-37/h10-16,18,21-24,29,37,41-42,69H,17,19-20H2,1-9H3,(H,54,67)(H,55,71)(H,58,70)(H,62,68)(H,63,72)/t29-,37-,41-,42-/m0/s1. The third-order valence-electron chi connectivity index (χ3n) is 12.2. The number of carbonyl (C=O) groups excluding carboxylic acids is 6. The van der Waals surface area contributed by atoms with Gasteiger partial charge in [0.15, 0.2) is 0 Å². The molecule has 0 spiro atoms. The number of nitrogens with zero attached hydrogens (tertiary/aromatic N) is 8. The fourth-order valence-corrected chi connectivity index (χ4v) is 13.8. The molecule has 1 aliphatic rings. The number of hydrogen-bond donors (Lipinski definition) is 6. The highest BCUT2D eigenvalue weighted by atomic mass is 32.1. The Balaban J connectivity index is 1.13. The van der Waals surface area contributed by atoms with Gasteiger partial charge in [-0.2, -0.15) is 0 Å². The van der Waals surface area contributed by atoms with Gasteiger partial charge in [-0.3, -0.25) is 28.9 Å². The molecule has 8 heterocycles. The van der Waals surface area contributed by atoms with E-state index in [1.165, 1.54) is 75.7 Å². The molecule has 0 saturated heterocycles. The number of aliphatic hydroxyl groups is 1. The maximum Gasteiger partial charge on any atom is 0.415 e. The van der Waals surface area contributed by atoms with E-state index in [2.05, 4.69) is 26.6 Å². The topological polar surface area (TPSA) is 295 Å². The van der Waals surface area contributed by atoms with Crippen LogP contribution in [0.3, 0.4) is 0 Å². The largest absolute Gasteiger partial charge is 0.443 e. The molecule has 0 unspecified atom stereocenters. The normalized spacial score (nSPS) is 16.7. The number of aryl methyl sites for hydroxylation is 1. The van der Waals surface area contributed by atoms with Crippen LogP contribution in [0.15, 0.2) is 64.8 Å². The lowest BCUT2D eigenvalue weighted by atomic mass is 10.0. The van der Waals surface area contributed by atoms with Crippen molar-refractivity contribution in [3.8, 4) is 42.5 Å². The number of pyridine rings is 1. The number of hydrogen-bond acceptors (Lipinski definition) is 22. The summed E-state index contributed by atoms with van der Waals surface area (Å²) in [4.78, 5) is 119. The lowest BCUT2D eigenvalue weighted by Gasteiger charge is -2.23. The quantitative estimate of drug-likeness (QED) is 0.0787. The predicted octanol–water partition coefficient (Wildman–Crippen LogP) is 8.68. The molecule has 22 nitrogen and oxygen atoms in total. The zero-order chi connectivity index (χ0) is 57.9. The first-order chi connectivity index (χ1) is 38.7. The minimum absolute atomic E-state index is 0.00315.